The fourth-order valence-electron chi connectivity index (χ4n) is 4.47. The molecule has 1 saturated carbocycles. The maximum atomic E-state index is 12.6. The van der Waals surface area contributed by atoms with Crippen molar-refractivity contribution in [2.24, 2.45) is 5.92 Å². The number of amides is 1. The van der Waals surface area contributed by atoms with Crippen molar-refractivity contribution in [3.8, 4) is 11.3 Å². The molecule has 2 aromatic rings. The molecule has 1 aliphatic carbocycles. The van der Waals surface area contributed by atoms with Gasteiger partial charge in [-0.1, -0.05) is 12.8 Å². The van der Waals surface area contributed by atoms with Crippen molar-refractivity contribution >= 4 is 15.9 Å². The van der Waals surface area contributed by atoms with Gasteiger partial charge in [0.25, 0.3) is 0 Å². The maximum absolute atomic E-state index is 12.6. The number of nitrogens with one attached hydrogen (secondary N) is 1. The van der Waals surface area contributed by atoms with Gasteiger partial charge < -0.3 is 5.32 Å². The van der Waals surface area contributed by atoms with E-state index in [2.05, 4.69) is 21.0 Å². The molecule has 2 aromatic heterocycles. The van der Waals surface area contributed by atoms with E-state index in [1.165, 1.54) is 23.4 Å². The van der Waals surface area contributed by atoms with E-state index in [9.17, 15) is 13.2 Å². The monoisotopic (exact) mass is 431 g/mol. The number of piperidine rings is 1. The molecule has 1 amide bonds. The summed E-state index contributed by atoms with van der Waals surface area (Å²) in [5, 5.41) is 7.83. The second-order valence-electron chi connectivity index (χ2n) is 8.29. The van der Waals surface area contributed by atoms with Crippen LogP contribution in [0.4, 0.5) is 0 Å². The first kappa shape index (κ1) is 21.0. The van der Waals surface area contributed by atoms with E-state index >= 15 is 0 Å². The predicted molar refractivity (Wildman–Crippen MR) is 114 cm³/mol. The molecule has 1 N–H and O–H groups in total. The highest BCUT2D eigenvalue weighted by Gasteiger charge is 2.29. The van der Waals surface area contributed by atoms with Crippen LogP contribution in [0.15, 0.2) is 30.6 Å². The number of carbonyl (C=O) groups is 1. The van der Waals surface area contributed by atoms with Gasteiger partial charge in [0.1, 0.15) is 0 Å². The van der Waals surface area contributed by atoms with Crippen molar-refractivity contribution in [3.63, 3.8) is 0 Å². The molecule has 30 heavy (non-hydrogen) atoms. The number of sulfonamides is 1. The third-order valence-corrected chi connectivity index (χ3v) is 7.47. The second kappa shape index (κ2) is 8.85. The lowest BCUT2D eigenvalue weighted by Crippen LogP contribution is -2.42. The Morgan fingerprint density at radius 2 is 1.80 bits per heavy atom. The van der Waals surface area contributed by atoms with Crippen LogP contribution in [0.3, 0.4) is 0 Å². The molecule has 0 aromatic carbocycles. The fraction of sp³-hybridized carbons (Fsp3) is 0.571. The number of rotatable bonds is 6. The highest BCUT2D eigenvalue weighted by atomic mass is 32.2. The molecule has 2 aliphatic rings. The molecule has 162 valence electrons. The largest absolute Gasteiger partial charge is 0.350 e. The Balaban J connectivity index is 1.42. The average molecular weight is 432 g/mol. The Bertz CT molecular complexity index is 975. The van der Waals surface area contributed by atoms with Crippen LogP contribution in [-0.4, -0.2) is 52.7 Å². The minimum absolute atomic E-state index is 0.0240. The van der Waals surface area contributed by atoms with Gasteiger partial charge in [-0.15, -0.1) is 0 Å². The molecule has 3 heterocycles. The molecule has 1 aliphatic heterocycles. The third-order valence-electron chi connectivity index (χ3n) is 6.17. The highest BCUT2D eigenvalue weighted by Crippen LogP contribution is 2.33. The minimum atomic E-state index is -3.18. The molecule has 0 unspecified atom stereocenters. The Morgan fingerprint density at radius 1 is 1.13 bits per heavy atom. The van der Waals surface area contributed by atoms with Crippen molar-refractivity contribution in [1.29, 1.82) is 0 Å². The number of hydrogen-bond acceptors (Lipinski definition) is 5. The zero-order valence-electron chi connectivity index (χ0n) is 17.3. The number of hydrogen-bond donors (Lipinski definition) is 1. The van der Waals surface area contributed by atoms with Crippen LogP contribution < -0.4 is 5.32 Å². The van der Waals surface area contributed by atoms with Gasteiger partial charge in [0.2, 0.25) is 15.9 Å². The molecular formula is C21H29N5O3S. The summed E-state index contributed by atoms with van der Waals surface area (Å²) in [6, 6.07) is 6.43. The van der Waals surface area contributed by atoms with Crippen molar-refractivity contribution < 1.29 is 13.2 Å². The van der Waals surface area contributed by atoms with Crippen molar-refractivity contribution in [2.45, 2.75) is 51.1 Å². The van der Waals surface area contributed by atoms with Crippen LogP contribution in [0.2, 0.25) is 0 Å². The van der Waals surface area contributed by atoms with E-state index < -0.39 is 10.0 Å². The van der Waals surface area contributed by atoms with Crippen LogP contribution in [-0.2, 0) is 21.4 Å². The molecule has 4 rings (SSSR count). The van der Waals surface area contributed by atoms with Gasteiger partial charge in [-0.25, -0.2) is 12.7 Å². The average Bonchev–Trinajstić information content (AvgIpc) is 3.42. The van der Waals surface area contributed by atoms with Crippen LogP contribution >= 0.6 is 0 Å². The molecule has 2 fully saturated rings. The normalized spacial score (nSPS) is 19.2. The predicted octanol–water partition coefficient (Wildman–Crippen LogP) is 2.35. The lowest BCUT2D eigenvalue weighted by Gasteiger charge is -2.29. The Kier molecular flexibility index (Phi) is 6.19. The Labute approximate surface area is 177 Å². The lowest BCUT2D eigenvalue weighted by atomic mass is 9.97. The molecule has 9 heteroatoms. The first-order chi connectivity index (χ1) is 14.4. The van der Waals surface area contributed by atoms with E-state index in [1.807, 2.05) is 12.1 Å². The first-order valence-corrected chi connectivity index (χ1v) is 12.5. The topological polar surface area (TPSA) is 97.2 Å². The highest BCUT2D eigenvalue weighted by molar-refractivity contribution is 7.88. The molecular weight excluding hydrogens is 402 g/mol. The van der Waals surface area contributed by atoms with Gasteiger partial charge in [0.05, 0.1) is 30.2 Å². The molecule has 0 spiro atoms. The summed E-state index contributed by atoms with van der Waals surface area (Å²) in [6.07, 6.45) is 10.6. The summed E-state index contributed by atoms with van der Waals surface area (Å²) < 4.78 is 26.9. The van der Waals surface area contributed by atoms with E-state index in [0.717, 1.165) is 29.8 Å². The Hall–Kier alpha value is -2.26. The van der Waals surface area contributed by atoms with Gasteiger partial charge in [0.15, 0.2) is 0 Å². The second-order valence-corrected chi connectivity index (χ2v) is 10.3. The van der Waals surface area contributed by atoms with Gasteiger partial charge >= 0.3 is 0 Å². The molecule has 8 nitrogen and oxygen atoms in total. The Morgan fingerprint density at radius 3 is 2.43 bits per heavy atom. The molecule has 1 saturated heterocycles. The maximum Gasteiger partial charge on any atom is 0.223 e. The van der Waals surface area contributed by atoms with Crippen molar-refractivity contribution in [2.75, 3.05) is 19.3 Å². The summed E-state index contributed by atoms with van der Waals surface area (Å²) in [6.45, 7) is 1.18. The van der Waals surface area contributed by atoms with Gasteiger partial charge in [-0.2, -0.15) is 5.10 Å². The summed E-state index contributed by atoms with van der Waals surface area (Å²) in [4.78, 5) is 16.7. The van der Waals surface area contributed by atoms with E-state index in [0.29, 0.717) is 38.5 Å². The third kappa shape index (κ3) is 4.73. The van der Waals surface area contributed by atoms with E-state index in [-0.39, 0.29) is 11.8 Å². The number of pyridine rings is 1. The standard InChI is InChI=1S/C21H29N5O3S/c1-30(28,29)25-12-8-17(9-13-25)21(27)23-15-18-14-20(16-6-10-22-11-7-16)26(24-18)19-4-2-3-5-19/h6-7,10-11,14,17,19H,2-5,8-9,12-13,15H2,1H3,(H,23,27). The zero-order valence-corrected chi connectivity index (χ0v) is 18.1. The summed E-state index contributed by atoms with van der Waals surface area (Å²) in [5.41, 5.74) is 2.99. The molecule has 0 atom stereocenters. The number of carbonyl (C=O) groups excluding carboxylic acids is 1. The first-order valence-electron chi connectivity index (χ1n) is 10.6. The van der Waals surface area contributed by atoms with Crippen molar-refractivity contribution in [3.05, 3.63) is 36.3 Å². The number of nitrogens with zero attached hydrogens (tertiary/aromatic N) is 4. The summed E-state index contributed by atoms with van der Waals surface area (Å²) in [5.74, 6) is -0.177. The van der Waals surface area contributed by atoms with Crippen LogP contribution in [0.1, 0.15) is 50.3 Å². The summed E-state index contributed by atoms with van der Waals surface area (Å²) in [7, 11) is -3.18. The lowest BCUT2D eigenvalue weighted by molar-refractivity contribution is -0.126. The quantitative estimate of drug-likeness (QED) is 0.757. The van der Waals surface area contributed by atoms with Gasteiger partial charge in [0, 0.05) is 37.0 Å². The minimum Gasteiger partial charge on any atom is -0.350 e. The van der Waals surface area contributed by atoms with Gasteiger partial charge in [-0.05, 0) is 43.9 Å². The smallest absolute Gasteiger partial charge is 0.223 e. The zero-order chi connectivity index (χ0) is 21.1. The molecule has 0 radical (unpaired) electrons. The van der Waals surface area contributed by atoms with Crippen LogP contribution in [0, 0.1) is 5.92 Å². The fourth-order valence-corrected chi connectivity index (χ4v) is 5.34. The molecule has 0 bridgehead atoms. The van der Waals surface area contributed by atoms with E-state index in [1.54, 1.807) is 12.4 Å². The van der Waals surface area contributed by atoms with Crippen LogP contribution in [0.5, 0.6) is 0 Å². The summed E-state index contributed by atoms with van der Waals surface area (Å²) >= 11 is 0. The number of aromatic nitrogens is 3. The van der Waals surface area contributed by atoms with Crippen molar-refractivity contribution in [1.82, 2.24) is 24.4 Å². The van der Waals surface area contributed by atoms with Crippen LogP contribution in [0.25, 0.3) is 11.3 Å². The SMILES string of the molecule is CS(=O)(=O)N1CCC(C(=O)NCc2cc(-c3ccncc3)n(C3CCCC3)n2)CC1. The van der Waals surface area contributed by atoms with E-state index in [4.69, 9.17) is 5.10 Å². The van der Waals surface area contributed by atoms with Gasteiger partial charge in [-0.3, -0.25) is 14.5 Å².